The lowest BCUT2D eigenvalue weighted by Gasteiger charge is -2.29. The van der Waals surface area contributed by atoms with Gasteiger partial charge >= 0.3 is 0 Å². The summed E-state index contributed by atoms with van der Waals surface area (Å²) >= 11 is 7.80. The fourth-order valence-corrected chi connectivity index (χ4v) is 4.55. The average Bonchev–Trinajstić information content (AvgIpc) is 3.04. The minimum atomic E-state index is -0.0157. The van der Waals surface area contributed by atoms with E-state index in [2.05, 4.69) is 15.3 Å². The number of pyridine rings is 1. The lowest BCUT2D eigenvalue weighted by Crippen LogP contribution is -2.39. The third-order valence-electron chi connectivity index (χ3n) is 5.17. The Morgan fingerprint density at radius 2 is 2.25 bits per heavy atom. The molecule has 126 valence electrons. The van der Waals surface area contributed by atoms with Gasteiger partial charge in [0.1, 0.15) is 5.01 Å². The molecular formula is C17H19ClN4OS. The van der Waals surface area contributed by atoms with Crippen LogP contribution in [0.1, 0.15) is 34.6 Å². The molecule has 7 heteroatoms. The second kappa shape index (κ2) is 6.43. The number of piperidine rings is 1. The highest BCUT2D eigenvalue weighted by molar-refractivity contribution is 7.09. The number of carbonyl (C=O) groups excluding carboxylic acids is 1. The van der Waals surface area contributed by atoms with Crippen LogP contribution >= 0.6 is 22.9 Å². The number of halogens is 1. The van der Waals surface area contributed by atoms with Gasteiger partial charge in [0.15, 0.2) is 0 Å². The van der Waals surface area contributed by atoms with Crippen LogP contribution < -0.4 is 5.32 Å². The first kappa shape index (κ1) is 16.0. The van der Waals surface area contributed by atoms with Crippen LogP contribution in [-0.2, 0) is 6.54 Å². The maximum absolute atomic E-state index is 13.2. The fraction of sp³-hybridized carbons (Fsp3) is 0.471. The monoisotopic (exact) mass is 362 g/mol. The summed E-state index contributed by atoms with van der Waals surface area (Å²) in [5.41, 5.74) is 0.803. The van der Waals surface area contributed by atoms with Gasteiger partial charge in [-0.3, -0.25) is 9.78 Å². The summed E-state index contributed by atoms with van der Waals surface area (Å²) in [6.07, 6.45) is 8.27. The maximum atomic E-state index is 13.2. The van der Waals surface area contributed by atoms with E-state index in [0.29, 0.717) is 17.1 Å². The molecule has 2 fully saturated rings. The predicted octanol–water partition coefficient (Wildman–Crippen LogP) is 2.98. The van der Waals surface area contributed by atoms with Crippen LogP contribution in [-0.4, -0.2) is 39.9 Å². The van der Waals surface area contributed by atoms with Crippen LogP contribution in [0.4, 0.5) is 0 Å². The second-order valence-electron chi connectivity index (χ2n) is 6.55. The molecule has 2 aromatic rings. The molecule has 1 saturated carbocycles. The quantitative estimate of drug-likeness (QED) is 0.908. The summed E-state index contributed by atoms with van der Waals surface area (Å²) in [4.78, 5) is 23.5. The second-order valence-corrected chi connectivity index (χ2v) is 7.93. The summed E-state index contributed by atoms with van der Waals surface area (Å²) in [6, 6.07) is 1.98. The molecule has 24 heavy (non-hydrogen) atoms. The highest BCUT2D eigenvalue weighted by atomic mass is 35.5. The number of amides is 1. The number of rotatable bonds is 4. The molecule has 1 N–H and O–H groups in total. The summed E-state index contributed by atoms with van der Waals surface area (Å²) in [5.74, 6) is -0.0157. The molecule has 1 atom stereocenters. The van der Waals surface area contributed by atoms with Gasteiger partial charge in [-0.15, -0.1) is 11.3 Å². The molecule has 5 nitrogen and oxygen atoms in total. The zero-order chi connectivity index (χ0) is 16.6. The van der Waals surface area contributed by atoms with Gasteiger partial charge in [0.25, 0.3) is 5.91 Å². The summed E-state index contributed by atoms with van der Waals surface area (Å²) in [5, 5.41) is 6.73. The van der Waals surface area contributed by atoms with Crippen molar-refractivity contribution in [2.24, 2.45) is 5.41 Å². The Kier molecular flexibility index (Phi) is 4.28. The van der Waals surface area contributed by atoms with Crippen LogP contribution in [0, 0.1) is 5.41 Å². The van der Waals surface area contributed by atoms with Crippen LogP contribution in [0.25, 0.3) is 0 Å². The van der Waals surface area contributed by atoms with E-state index in [4.69, 9.17) is 11.6 Å². The molecule has 1 amide bonds. The predicted molar refractivity (Wildman–Crippen MR) is 94.2 cm³/mol. The van der Waals surface area contributed by atoms with Gasteiger partial charge in [-0.05, 0) is 43.8 Å². The normalized spacial score (nSPS) is 21.6. The SMILES string of the molecule is O=C(c1ccncc1Cl)N(Cc1nccs1)C1CC12CCNCC2. The Labute approximate surface area is 150 Å². The Morgan fingerprint density at radius 3 is 2.96 bits per heavy atom. The van der Waals surface area contributed by atoms with Crippen molar-refractivity contribution in [2.75, 3.05) is 13.1 Å². The first-order valence-electron chi connectivity index (χ1n) is 8.19. The molecule has 0 radical (unpaired) electrons. The molecule has 1 unspecified atom stereocenters. The Bertz CT molecular complexity index is 730. The third-order valence-corrected chi connectivity index (χ3v) is 6.24. The molecule has 1 spiro atoms. The third kappa shape index (κ3) is 2.94. The Hall–Kier alpha value is -1.50. The van der Waals surface area contributed by atoms with Crippen LogP contribution in [0.2, 0.25) is 5.02 Å². The zero-order valence-electron chi connectivity index (χ0n) is 13.2. The number of hydrogen-bond donors (Lipinski definition) is 1. The number of carbonyl (C=O) groups is 1. The lowest BCUT2D eigenvalue weighted by atomic mass is 9.93. The molecular weight excluding hydrogens is 344 g/mol. The number of aromatic nitrogens is 2. The highest BCUT2D eigenvalue weighted by Gasteiger charge is 2.58. The summed E-state index contributed by atoms with van der Waals surface area (Å²) in [6.45, 7) is 2.62. The van der Waals surface area contributed by atoms with Crippen molar-refractivity contribution < 1.29 is 4.79 Å². The first-order chi connectivity index (χ1) is 11.7. The number of nitrogens with one attached hydrogen (secondary N) is 1. The van der Waals surface area contributed by atoms with E-state index in [0.717, 1.165) is 37.4 Å². The van der Waals surface area contributed by atoms with E-state index in [9.17, 15) is 4.79 Å². The Morgan fingerprint density at radius 1 is 1.42 bits per heavy atom. The molecule has 1 aliphatic heterocycles. The minimum Gasteiger partial charge on any atom is -0.328 e. The van der Waals surface area contributed by atoms with Gasteiger partial charge < -0.3 is 10.2 Å². The van der Waals surface area contributed by atoms with E-state index < -0.39 is 0 Å². The van der Waals surface area contributed by atoms with Gasteiger partial charge in [-0.1, -0.05) is 11.6 Å². The molecule has 0 aromatic carbocycles. The molecule has 0 bridgehead atoms. The van der Waals surface area contributed by atoms with E-state index >= 15 is 0 Å². The average molecular weight is 363 g/mol. The molecule has 4 rings (SSSR count). The minimum absolute atomic E-state index is 0.0157. The van der Waals surface area contributed by atoms with Crippen molar-refractivity contribution in [1.82, 2.24) is 20.2 Å². The largest absolute Gasteiger partial charge is 0.328 e. The molecule has 1 aliphatic carbocycles. The maximum Gasteiger partial charge on any atom is 0.256 e. The van der Waals surface area contributed by atoms with Gasteiger partial charge in [0.2, 0.25) is 0 Å². The smallest absolute Gasteiger partial charge is 0.256 e. The first-order valence-corrected chi connectivity index (χ1v) is 9.45. The standard InChI is InChI=1S/C17H19ClN4OS/c18-13-10-20-4-1-12(13)16(23)22(11-15-21-7-8-24-15)14-9-17(14)2-5-19-6-3-17/h1,4,7-8,10,14,19H,2-3,5-6,9,11H2. The van der Waals surface area contributed by atoms with Crippen molar-refractivity contribution in [2.45, 2.75) is 31.8 Å². The van der Waals surface area contributed by atoms with Crippen LogP contribution in [0.5, 0.6) is 0 Å². The fourth-order valence-electron chi connectivity index (χ4n) is 3.73. The van der Waals surface area contributed by atoms with E-state index in [-0.39, 0.29) is 17.4 Å². The van der Waals surface area contributed by atoms with Gasteiger partial charge in [-0.25, -0.2) is 4.98 Å². The number of hydrogen-bond acceptors (Lipinski definition) is 5. The molecule has 3 heterocycles. The van der Waals surface area contributed by atoms with Gasteiger partial charge in [0.05, 0.1) is 17.1 Å². The van der Waals surface area contributed by atoms with E-state index in [1.54, 1.807) is 29.8 Å². The molecule has 1 saturated heterocycles. The summed E-state index contributed by atoms with van der Waals surface area (Å²) < 4.78 is 0. The van der Waals surface area contributed by atoms with Crippen molar-refractivity contribution in [3.8, 4) is 0 Å². The van der Waals surface area contributed by atoms with Crippen molar-refractivity contribution >= 4 is 28.8 Å². The number of thiazole rings is 1. The topological polar surface area (TPSA) is 58.1 Å². The van der Waals surface area contributed by atoms with Crippen LogP contribution in [0.15, 0.2) is 30.0 Å². The highest BCUT2D eigenvalue weighted by Crippen LogP contribution is 2.56. The van der Waals surface area contributed by atoms with Gasteiger partial charge in [0, 0.05) is 30.0 Å². The van der Waals surface area contributed by atoms with Crippen molar-refractivity contribution in [1.29, 1.82) is 0 Å². The van der Waals surface area contributed by atoms with Crippen molar-refractivity contribution in [3.63, 3.8) is 0 Å². The van der Waals surface area contributed by atoms with Crippen molar-refractivity contribution in [3.05, 3.63) is 45.6 Å². The van der Waals surface area contributed by atoms with E-state index in [1.165, 1.54) is 6.20 Å². The molecule has 2 aromatic heterocycles. The Balaban J connectivity index is 1.61. The summed E-state index contributed by atoms with van der Waals surface area (Å²) in [7, 11) is 0. The van der Waals surface area contributed by atoms with Crippen LogP contribution in [0.3, 0.4) is 0 Å². The molecule has 2 aliphatic rings. The van der Waals surface area contributed by atoms with Gasteiger partial charge in [-0.2, -0.15) is 0 Å². The van der Waals surface area contributed by atoms with E-state index in [1.807, 2.05) is 10.3 Å². The zero-order valence-corrected chi connectivity index (χ0v) is 14.8. The number of nitrogens with zero attached hydrogens (tertiary/aromatic N) is 3. The lowest BCUT2D eigenvalue weighted by molar-refractivity contribution is 0.0692.